The third-order valence-corrected chi connectivity index (χ3v) is 5.64. The molecule has 1 aliphatic heterocycles. The fourth-order valence-corrected chi connectivity index (χ4v) is 4.30. The van der Waals surface area contributed by atoms with Gasteiger partial charge in [-0.1, -0.05) is 0 Å². The van der Waals surface area contributed by atoms with Gasteiger partial charge in [-0.2, -0.15) is 0 Å². The van der Waals surface area contributed by atoms with E-state index < -0.39 is 0 Å². The summed E-state index contributed by atoms with van der Waals surface area (Å²) in [5.41, 5.74) is 1.04. The van der Waals surface area contributed by atoms with Crippen molar-refractivity contribution >= 4 is 0 Å². The molecule has 138 valence electrons. The van der Waals surface area contributed by atoms with Gasteiger partial charge in [-0.15, -0.1) is 0 Å². The van der Waals surface area contributed by atoms with E-state index in [0.717, 1.165) is 67.9 Å². The molecule has 0 spiro atoms. The number of aromatic nitrogens is 1. The van der Waals surface area contributed by atoms with E-state index >= 15 is 0 Å². The van der Waals surface area contributed by atoms with Gasteiger partial charge in [0.15, 0.2) is 0 Å². The Balaban J connectivity index is 1.24. The Morgan fingerprint density at radius 3 is 2.35 bits per heavy atom. The SMILES string of the molecule is COc1ccc(OC2C[C@@H]3CN(CCc4ccc(O)cn4)C[C@@H]3C2)cc1. The molecular formula is C21H26N2O3. The number of pyridine rings is 1. The van der Waals surface area contributed by atoms with Crippen molar-refractivity contribution in [3.63, 3.8) is 0 Å². The summed E-state index contributed by atoms with van der Waals surface area (Å²) in [5, 5.41) is 9.31. The molecule has 0 radical (unpaired) electrons. The highest BCUT2D eigenvalue weighted by Gasteiger charge is 2.41. The van der Waals surface area contributed by atoms with Crippen LogP contribution in [-0.2, 0) is 6.42 Å². The normalized spacial score (nSPS) is 25.2. The number of likely N-dealkylation sites (tertiary alicyclic amines) is 1. The monoisotopic (exact) mass is 354 g/mol. The van der Waals surface area contributed by atoms with E-state index in [1.54, 1.807) is 13.2 Å². The first-order chi connectivity index (χ1) is 12.7. The van der Waals surface area contributed by atoms with Gasteiger partial charge in [-0.3, -0.25) is 4.98 Å². The van der Waals surface area contributed by atoms with Crippen molar-refractivity contribution in [2.24, 2.45) is 11.8 Å². The lowest BCUT2D eigenvalue weighted by Gasteiger charge is -2.19. The Kier molecular flexibility index (Phi) is 4.98. The molecule has 1 saturated heterocycles. The molecule has 1 saturated carbocycles. The maximum Gasteiger partial charge on any atom is 0.133 e. The average Bonchev–Trinajstić information content (AvgIpc) is 3.20. The number of methoxy groups -OCH3 is 1. The van der Waals surface area contributed by atoms with Crippen LogP contribution in [0.25, 0.3) is 0 Å². The molecule has 5 heteroatoms. The van der Waals surface area contributed by atoms with Crippen LogP contribution in [0.15, 0.2) is 42.6 Å². The molecule has 2 aromatic rings. The second kappa shape index (κ2) is 7.54. The zero-order valence-corrected chi connectivity index (χ0v) is 15.2. The third-order valence-electron chi connectivity index (χ3n) is 5.64. The Bertz CT molecular complexity index is 703. The molecule has 3 atom stereocenters. The lowest BCUT2D eigenvalue weighted by Crippen LogP contribution is -2.26. The van der Waals surface area contributed by atoms with E-state index in [1.165, 1.54) is 6.20 Å². The van der Waals surface area contributed by atoms with Gasteiger partial charge in [0.05, 0.1) is 19.4 Å². The lowest BCUT2D eigenvalue weighted by molar-refractivity contribution is 0.186. The zero-order valence-electron chi connectivity index (χ0n) is 15.2. The highest BCUT2D eigenvalue weighted by Crippen LogP contribution is 2.39. The van der Waals surface area contributed by atoms with E-state index in [9.17, 15) is 5.11 Å². The molecule has 1 N–H and O–H groups in total. The van der Waals surface area contributed by atoms with Gasteiger partial charge in [0, 0.05) is 31.7 Å². The van der Waals surface area contributed by atoms with Crippen LogP contribution in [0.5, 0.6) is 17.2 Å². The van der Waals surface area contributed by atoms with Gasteiger partial charge in [0.25, 0.3) is 0 Å². The van der Waals surface area contributed by atoms with Crippen LogP contribution in [0.3, 0.4) is 0 Å². The number of nitrogens with zero attached hydrogens (tertiary/aromatic N) is 2. The van der Waals surface area contributed by atoms with Gasteiger partial charge in [0.1, 0.15) is 17.2 Å². The predicted molar refractivity (Wildman–Crippen MR) is 99.7 cm³/mol. The van der Waals surface area contributed by atoms with E-state index in [-0.39, 0.29) is 5.75 Å². The van der Waals surface area contributed by atoms with E-state index in [4.69, 9.17) is 9.47 Å². The summed E-state index contributed by atoms with van der Waals surface area (Å²) in [7, 11) is 1.68. The van der Waals surface area contributed by atoms with Crippen molar-refractivity contribution < 1.29 is 14.6 Å². The number of rotatable bonds is 6. The minimum atomic E-state index is 0.229. The van der Waals surface area contributed by atoms with Crippen LogP contribution >= 0.6 is 0 Å². The summed E-state index contributed by atoms with van der Waals surface area (Å²) in [6.45, 7) is 3.35. The molecule has 0 bridgehead atoms. The molecule has 26 heavy (non-hydrogen) atoms. The molecule has 2 heterocycles. The maximum atomic E-state index is 9.31. The number of ether oxygens (including phenoxy) is 2. The summed E-state index contributed by atoms with van der Waals surface area (Å²) >= 11 is 0. The van der Waals surface area contributed by atoms with Crippen molar-refractivity contribution in [1.82, 2.24) is 9.88 Å². The summed E-state index contributed by atoms with van der Waals surface area (Å²) in [5.74, 6) is 3.51. The molecule has 1 unspecified atom stereocenters. The molecular weight excluding hydrogens is 328 g/mol. The van der Waals surface area contributed by atoms with Crippen LogP contribution in [0, 0.1) is 11.8 Å². The minimum Gasteiger partial charge on any atom is -0.506 e. The van der Waals surface area contributed by atoms with Crippen molar-refractivity contribution in [3.05, 3.63) is 48.3 Å². The molecule has 4 rings (SSSR count). The topological polar surface area (TPSA) is 54.8 Å². The molecule has 1 aromatic carbocycles. The summed E-state index contributed by atoms with van der Waals surface area (Å²) in [6, 6.07) is 11.5. The first kappa shape index (κ1) is 17.2. The third kappa shape index (κ3) is 3.93. The number of fused-ring (bicyclic) bond motifs is 1. The van der Waals surface area contributed by atoms with E-state index in [2.05, 4.69) is 9.88 Å². The van der Waals surface area contributed by atoms with Gasteiger partial charge >= 0.3 is 0 Å². The zero-order chi connectivity index (χ0) is 17.9. The number of benzene rings is 1. The molecule has 1 aliphatic carbocycles. The Labute approximate surface area is 154 Å². The van der Waals surface area contributed by atoms with Gasteiger partial charge in [-0.25, -0.2) is 0 Å². The summed E-state index contributed by atoms with van der Waals surface area (Å²) in [6.07, 6.45) is 5.08. The Morgan fingerprint density at radius 2 is 1.73 bits per heavy atom. The van der Waals surface area contributed by atoms with Crippen LogP contribution in [0.2, 0.25) is 0 Å². The smallest absolute Gasteiger partial charge is 0.133 e. The van der Waals surface area contributed by atoms with Crippen molar-refractivity contribution in [2.75, 3.05) is 26.7 Å². The largest absolute Gasteiger partial charge is 0.506 e. The maximum absolute atomic E-state index is 9.31. The van der Waals surface area contributed by atoms with Gasteiger partial charge < -0.3 is 19.5 Å². The quantitative estimate of drug-likeness (QED) is 0.864. The molecule has 5 nitrogen and oxygen atoms in total. The highest BCUT2D eigenvalue weighted by molar-refractivity contribution is 5.31. The number of hydrogen-bond donors (Lipinski definition) is 1. The first-order valence-electron chi connectivity index (χ1n) is 9.36. The van der Waals surface area contributed by atoms with E-state index in [1.807, 2.05) is 30.3 Å². The fourth-order valence-electron chi connectivity index (χ4n) is 4.30. The predicted octanol–water partition coefficient (Wildman–Crippen LogP) is 3.13. The van der Waals surface area contributed by atoms with Gasteiger partial charge in [-0.05, 0) is 61.1 Å². The van der Waals surface area contributed by atoms with E-state index in [0.29, 0.717) is 6.10 Å². The average molecular weight is 354 g/mol. The molecule has 0 amide bonds. The Hall–Kier alpha value is -2.27. The van der Waals surface area contributed by atoms with Crippen molar-refractivity contribution in [1.29, 1.82) is 0 Å². The molecule has 2 aliphatic rings. The second-order valence-electron chi connectivity index (χ2n) is 7.42. The Morgan fingerprint density at radius 1 is 1.04 bits per heavy atom. The van der Waals surface area contributed by atoms with Gasteiger partial charge in [0.2, 0.25) is 0 Å². The first-order valence-corrected chi connectivity index (χ1v) is 9.36. The molecule has 1 aromatic heterocycles. The second-order valence-corrected chi connectivity index (χ2v) is 7.42. The highest BCUT2D eigenvalue weighted by atomic mass is 16.5. The van der Waals surface area contributed by atoms with Crippen LogP contribution in [0.4, 0.5) is 0 Å². The van der Waals surface area contributed by atoms with Crippen LogP contribution < -0.4 is 9.47 Å². The number of aromatic hydroxyl groups is 1. The number of hydrogen-bond acceptors (Lipinski definition) is 5. The van der Waals surface area contributed by atoms with Crippen molar-refractivity contribution in [3.8, 4) is 17.2 Å². The van der Waals surface area contributed by atoms with Crippen LogP contribution in [0.1, 0.15) is 18.5 Å². The fraction of sp³-hybridized carbons (Fsp3) is 0.476. The van der Waals surface area contributed by atoms with Crippen molar-refractivity contribution in [2.45, 2.75) is 25.4 Å². The summed E-state index contributed by atoms with van der Waals surface area (Å²) in [4.78, 5) is 6.83. The minimum absolute atomic E-state index is 0.229. The lowest BCUT2D eigenvalue weighted by atomic mass is 10.0. The standard InChI is InChI=1S/C21H26N2O3/c1-25-19-4-6-20(7-5-19)26-21-10-15-13-23(14-16(15)11-21)9-8-17-2-3-18(24)12-22-17/h2-7,12,15-16,21,24H,8-11,13-14H2,1H3/t15-,16+,21?. The molecule has 2 fully saturated rings. The summed E-state index contributed by atoms with van der Waals surface area (Å²) < 4.78 is 11.4. The van der Waals surface area contributed by atoms with Crippen LogP contribution in [-0.4, -0.2) is 47.8 Å².